The second kappa shape index (κ2) is 7.66. The molecule has 4 rings (SSSR count). The van der Waals surface area contributed by atoms with Crippen molar-refractivity contribution in [3.63, 3.8) is 0 Å². The van der Waals surface area contributed by atoms with Crippen LogP contribution in [-0.4, -0.2) is 17.5 Å². The van der Waals surface area contributed by atoms with Gasteiger partial charge in [0.05, 0.1) is 10.9 Å². The predicted octanol–water partition coefficient (Wildman–Crippen LogP) is 4.24. The highest BCUT2D eigenvalue weighted by Crippen LogP contribution is 2.26. The fourth-order valence-electron chi connectivity index (χ4n) is 2.90. The number of amides is 1. The van der Waals surface area contributed by atoms with E-state index in [1.54, 1.807) is 36.7 Å². The maximum absolute atomic E-state index is 12.9. The summed E-state index contributed by atoms with van der Waals surface area (Å²) in [5.41, 5.74) is 1.68. The number of benzene rings is 2. The van der Waals surface area contributed by atoms with Gasteiger partial charge in [-0.2, -0.15) is 0 Å². The van der Waals surface area contributed by atoms with Crippen molar-refractivity contribution >= 4 is 33.3 Å². The van der Waals surface area contributed by atoms with E-state index in [4.69, 9.17) is 9.15 Å². The summed E-state index contributed by atoms with van der Waals surface area (Å²) in [6, 6.07) is 14.3. The van der Waals surface area contributed by atoms with Gasteiger partial charge >= 0.3 is 0 Å². The highest BCUT2D eigenvalue weighted by atomic mass is 32.1. The number of fused-ring (bicyclic) bond motifs is 1. The topological polar surface area (TPSA) is 81.4 Å². The molecule has 0 spiro atoms. The Morgan fingerprint density at radius 1 is 1.21 bits per heavy atom. The Hall–Kier alpha value is -3.45. The molecule has 0 saturated carbocycles. The average Bonchev–Trinajstić information content (AvgIpc) is 3.20. The Bertz CT molecular complexity index is 1180. The first-order valence-electron chi connectivity index (χ1n) is 8.57. The van der Waals surface area contributed by atoms with Gasteiger partial charge in [-0.05, 0) is 24.6 Å². The van der Waals surface area contributed by atoms with Crippen LogP contribution in [0, 0.1) is 6.92 Å². The molecule has 0 unspecified atom stereocenters. The standard InChI is InChI=1S/C21H16N2O4S/c1-13-19(14-5-3-2-4-6-14)20(25)16-8-7-15(11-17(16)27-13)26-12-18(24)23-21-22-9-10-28-21/h2-11H,12H2,1H3,(H,22,23,24). The predicted molar refractivity (Wildman–Crippen MR) is 109 cm³/mol. The number of carbonyl (C=O) groups excluding carboxylic acids is 1. The maximum Gasteiger partial charge on any atom is 0.264 e. The van der Waals surface area contributed by atoms with Gasteiger partial charge in [-0.3, -0.25) is 14.9 Å². The highest BCUT2D eigenvalue weighted by Gasteiger charge is 2.14. The molecule has 0 atom stereocenters. The molecule has 6 nitrogen and oxygen atoms in total. The van der Waals surface area contributed by atoms with Crippen molar-refractivity contribution in [3.05, 3.63) is 76.1 Å². The first-order valence-corrected chi connectivity index (χ1v) is 9.45. The van der Waals surface area contributed by atoms with E-state index in [-0.39, 0.29) is 17.9 Å². The molecule has 2 aromatic carbocycles. The summed E-state index contributed by atoms with van der Waals surface area (Å²) in [4.78, 5) is 28.8. The van der Waals surface area contributed by atoms with Gasteiger partial charge in [0, 0.05) is 17.6 Å². The molecule has 0 fully saturated rings. The number of hydrogen-bond acceptors (Lipinski definition) is 6. The van der Waals surface area contributed by atoms with Crippen LogP contribution in [0.5, 0.6) is 5.75 Å². The summed E-state index contributed by atoms with van der Waals surface area (Å²) < 4.78 is 11.4. The lowest BCUT2D eigenvalue weighted by atomic mass is 10.0. The normalized spacial score (nSPS) is 10.8. The zero-order valence-electron chi connectivity index (χ0n) is 15.0. The fourth-order valence-corrected chi connectivity index (χ4v) is 3.45. The molecule has 2 heterocycles. The molecule has 28 heavy (non-hydrogen) atoms. The summed E-state index contributed by atoms with van der Waals surface area (Å²) in [6.07, 6.45) is 1.61. The molecule has 0 saturated heterocycles. The van der Waals surface area contributed by atoms with Gasteiger partial charge in [0.25, 0.3) is 5.91 Å². The number of nitrogens with one attached hydrogen (secondary N) is 1. The monoisotopic (exact) mass is 392 g/mol. The van der Waals surface area contributed by atoms with Crippen LogP contribution in [-0.2, 0) is 4.79 Å². The second-order valence-electron chi connectivity index (χ2n) is 6.06. The van der Waals surface area contributed by atoms with E-state index in [1.807, 2.05) is 30.3 Å². The summed E-state index contributed by atoms with van der Waals surface area (Å²) in [6.45, 7) is 1.59. The van der Waals surface area contributed by atoms with Gasteiger partial charge in [0.2, 0.25) is 5.43 Å². The van der Waals surface area contributed by atoms with Crippen LogP contribution in [0.3, 0.4) is 0 Å². The van der Waals surface area contributed by atoms with Gasteiger partial charge in [-0.1, -0.05) is 30.3 Å². The number of rotatable bonds is 5. The first kappa shape index (κ1) is 17.9. The minimum absolute atomic E-state index is 0.0991. The Morgan fingerprint density at radius 2 is 2.04 bits per heavy atom. The Kier molecular flexibility index (Phi) is 4.90. The SMILES string of the molecule is Cc1oc2cc(OCC(=O)Nc3nccs3)ccc2c(=O)c1-c1ccccc1. The number of thiazole rings is 1. The van der Waals surface area contributed by atoms with Crippen LogP contribution >= 0.6 is 11.3 Å². The Balaban J connectivity index is 1.58. The van der Waals surface area contributed by atoms with Crippen molar-refractivity contribution in [3.8, 4) is 16.9 Å². The highest BCUT2D eigenvalue weighted by molar-refractivity contribution is 7.13. The van der Waals surface area contributed by atoms with Gasteiger partial charge in [-0.25, -0.2) is 4.98 Å². The lowest BCUT2D eigenvalue weighted by Crippen LogP contribution is -2.20. The number of ether oxygens (including phenoxy) is 1. The lowest BCUT2D eigenvalue weighted by molar-refractivity contribution is -0.118. The fraction of sp³-hybridized carbons (Fsp3) is 0.0952. The molecule has 140 valence electrons. The summed E-state index contributed by atoms with van der Waals surface area (Å²) in [5.74, 6) is 0.659. The van der Waals surface area contributed by atoms with Crippen molar-refractivity contribution < 1.29 is 13.9 Å². The van der Waals surface area contributed by atoms with E-state index in [0.717, 1.165) is 5.56 Å². The molecule has 0 aliphatic heterocycles. The quantitative estimate of drug-likeness (QED) is 0.549. The van der Waals surface area contributed by atoms with E-state index in [2.05, 4.69) is 10.3 Å². The lowest BCUT2D eigenvalue weighted by Gasteiger charge is -2.09. The van der Waals surface area contributed by atoms with Crippen LogP contribution in [0.4, 0.5) is 5.13 Å². The number of anilines is 1. The van der Waals surface area contributed by atoms with Crippen molar-refractivity contribution in [2.24, 2.45) is 0 Å². The molecule has 1 amide bonds. The Morgan fingerprint density at radius 3 is 2.79 bits per heavy atom. The molecule has 7 heteroatoms. The smallest absolute Gasteiger partial charge is 0.264 e. The van der Waals surface area contributed by atoms with Crippen LogP contribution in [0.25, 0.3) is 22.1 Å². The van der Waals surface area contributed by atoms with Crippen molar-refractivity contribution in [2.75, 3.05) is 11.9 Å². The van der Waals surface area contributed by atoms with E-state index >= 15 is 0 Å². The molecule has 0 aliphatic carbocycles. The number of nitrogens with zero attached hydrogens (tertiary/aromatic N) is 1. The minimum Gasteiger partial charge on any atom is -0.484 e. The number of carbonyl (C=O) groups is 1. The first-order chi connectivity index (χ1) is 13.6. The van der Waals surface area contributed by atoms with E-state index in [1.165, 1.54) is 11.3 Å². The molecule has 0 bridgehead atoms. The number of aryl methyl sites for hydroxylation is 1. The molecule has 0 radical (unpaired) electrons. The zero-order chi connectivity index (χ0) is 19.5. The third-order valence-corrected chi connectivity index (χ3v) is 4.84. The number of hydrogen-bond donors (Lipinski definition) is 1. The van der Waals surface area contributed by atoms with Gasteiger partial charge < -0.3 is 9.15 Å². The average molecular weight is 392 g/mol. The van der Waals surface area contributed by atoms with E-state index in [9.17, 15) is 9.59 Å². The molecule has 2 aromatic heterocycles. The molecular weight excluding hydrogens is 376 g/mol. The van der Waals surface area contributed by atoms with Crippen LogP contribution in [0.1, 0.15) is 5.76 Å². The van der Waals surface area contributed by atoms with Gasteiger partial charge in [0.15, 0.2) is 11.7 Å². The van der Waals surface area contributed by atoms with Crippen molar-refractivity contribution in [2.45, 2.75) is 6.92 Å². The van der Waals surface area contributed by atoms with Gasteiger partial charge in [-0.15, -0.1) is 11.3 Å². The van der Waals surface area contributed by atoms with E-state index in [0.29, 0.717) is 33.2 Å². The third kappa shape index (κ3) is 3.65. The number of aromatic nitrogens is 1. The van der Waals surface area contributed by atoms with Crippen molar-refractivity contribution in [1.29, 1.82) is 0 Å². The largest absolute Gasteiger partial charge is 0.484 e. The Labute approximate surface area is 164 Å². The van der Waals surface area contributed by atoms with Gasteiger partial charge in [0.1, 0.15) is 17.1 Å². The molecule has 1 N–H and O–H groups in total. The molecule has 0 aliphatic rings. The third-order valence-electron chi connectivity index (χ3n) is 4.15. The summed E-state index contributed by atoms with van der Waals surface area (Å²) >= 11 is 1.33. The summed E-state index contributed by atoms with van der Waals surface area (Å²) in [5, 5.41) is 5.39. The molecule has 4 aromatic rings. The second-order valence-corrected chi connectivity index (χ2v) is 6.96. The van der Waals surface area contributed by atoms with Crippen LogP contribution in [0.15, 0.2) is 69.3 Å². The van der Waals surface area contributed by atoms with Crippen molar-refractivity contribution in [1.82, 2.24) is 4.98 Å². The van der Waals surface area contributed by atoms with E-state index < -0.39 is 0 Å². The van der Waals surface area contributed by atoms with Crippen LogP contribution in [0.2, 0.25) is 0 Å². The van der Waals surface area contributed by atoms with Crippen LogP contribution < -0.4 is 15.5 Å². The zero-order valence-corrected chi connectivity index (χ0v) is 15.8. The summed E-state index contributed by atoms with van der Waals surface area (Å²) in [7, 11) is 0. The molecular formula is C21H16N2O4S. The maximum atomic E-state index is 12.9. The minimum atomic E-state index is -0.313.